The third-order valence-corrected chi connectivity index (χ3v) is 12.1. The summed E-state index contributed by atoms with van der Waals surface area (Å²) in [5.41, 5.74) is 6.19. The molecule has 0 spiro atoms. The van der Waals surface area contributed by atoms with Gasteiger partial charge in [0.1, 0.15) is 24.1 Å². The maximum absolute atomic E-state index is 11.5. The Labute approximate surface area is 323 Å². The average molecular weight is 764 g/mol. The van der Waals surface area contributed by atoms with Crippen molar-refractivity contribution < 1.29 is 29.9 Å². The van der Waals surface area contributed by atoms with Crippen molar-refractivity contribution >= 4 is 22.1 Å². The molecule has 0 aliphatic carbocycles. The number of imidazole rings is 2. The van der Waals surface area contributed by atoms with Gasteiger partial charge in [-0.25, -0.2) is 9.97 Å². The fourth-order valence-corrected chi connectivity index (χ4v) is 9.03. The lowest BCUT2D eigenvalue weighted by Crippen LogP contribution is -2.55. The van der Waals surface area contributed by atoms with Crippen LogP contribution in [0, 0.1) is 11.8 Å². The molecular formula is C40H61N9O6. The number of nitrogens with one attached hydrogen (secondary N) is 5. The predicted octanol–water partition coefficient (Wildman–Crippen LogP) is 3.59. The second-order valence-electron chi connectivity index (χ2n) is 16.3. The average Bonchev–Trinajstić information content (AvgIpc) is 4.02. The summed E-state index contributed by atoms with van der Waals surface area (Å²) >= 11 is 0. The Morgan fingerprint density at radius 3 is 1.45 bits per heavy atom. The molecule has 15 heteroatoms. The first-order chi connectivity index (χ1) is 26.4. The lowest BCUT2D eigenvalue weighted by atomic mass is 10.0. The molecule has 0 saturated carbocycles. The second kappa shape index (κ2) is 17.2. The van der Waals surface area contributed by atoms with Crippen molar-refractivity contribution in [2.45, 2.75) is 128 Å². The number of likely N-dealkylation sites (tertiary alicyclic amines) is 2. The molecule has 7 rings (SSSR count). The summed E-state index contributed by atoms with van der Waals surface area (Å²) in [6, 6.07) is 12.4. The number of hydrogen-bond acceptors (Lipinski definition) is 13. The van der Waals surface area contributed by atoms with Gasteiger partial charge in [-0.05, 0) is 85.8 Å². The first-order valence-electron chi connectivity index (χ1n) is 20.0. The number of nitrogens with zero attached hydrogens (tertiary/aromatic N) is 4. The lowest BCUT2D eigenvalue weighted by molar-refractivity contribution is -0.132. The summed E-state index contributed by atoms with van der Waals surface area (Å²) < 4.78 is 10.0. The highest BCUT2D eigenvalue weighted by atomic mass is 16.6. The Kier molecular flexibility index (Phi) is 12.6. The molecule has 0 amide bonds. The highest BCUT2D eigenvalue weighted by molar-refractivity contribution is 5.77. The Hall–Kier alpha value is -3.06. The summed E-state index contributed by atoms with van der Waals surface area (Å²) in [6.45, 7) is 9.54. The first kappa shape index (κ1) is 40.1. The van der Waals surface area contributed by atoms with Crippen molar-refractivity contribution in [3.05, 3.63) is 59.2 Å². The van der Waals surface area contributed by atoms with Crippen molar-refractivity contribution in [3.8, 4) is 0 Å². The van der Waals surface area contributed by atoms with Crippen LogP contribution in [0.2, 0.25) is 0 Å². The molecule has 0 radical (unpaired) electrons. The van der Waals surface area contributed by atoms with Crippen LogP contribution in [0.4, 0.5) is 0 Å². The Morgan fingerprint density at radius 2 is 1.07 bits per heavy atom. The van der Waals surface area contributed by atoms with E-state index in [1.54, 1.807) is 0 Å². The maximum atomic E-state index is 11.5. The quantitative estimate of drug-likeness (QED) is 0.0752. The number of H-pyrrole nitrogens is 2. The van der Waals surface area contributed by atoms with Gasteiger partial charge in [0.25, 0.3) is 0 Å². The van der Waals surface area contributed by atoms with E-state index in [0.717, 1.165) is 85.3 Å². The number of aromatic nitrogens is 4. The number of methoxy groups -OCH3 is 2. The zero-order chi connectivity index (χ0) is 39.0. The molecule has 302 valence electrons. The molecule has 2 aromatic carbocycles. The largest absolute Gasteiger partial charge is 0.377 e. The smallest absolute Gasteiger partial charge is 0.213 e. The van der Waals surface area contributed by atoms with E-state index in [4.69, 9.17) is 19.4 Å². The molecule has 3 aliphatic heterocycles. The Morgan fingerprint density at radius 1 is 0.655 bits per heavy atom. The normalized spacial score (nSPS) is 26.1. The molecule has 10 atom stereocenters. The van der Waals surface area contributed by atoms with Crippen LogP contribution in [0.1, 0.15) is 113 Å². The molecule has 15 nitrogen and oxygen atoms in total. The van der Waals surface area contributed by atoms with Crippen LogP contribution in [0.25, 0.3) is 22.1 Å². The topological polar surface area (TPSA) is 199 Å². The second-order valence-corrected chi connectivity index (χ2v) is 16.3. The number of aromatic amines is 2. The summed E-state index contributed by atoms with van der Waals surface area (Å²) in [5.74, 6) is 1.82. The van der Waals surface area contributed by atoms with Crippen LogP contribution >= 0.6 is 0 Å². The predicted molar refractivity (Wildman–Crippen MR) is 209 cm³/mol. The number of ether oxygens (including phenoxy) is 2. The first-order valence-corrected chi connectivity index (χ1v) is 20.0. The number of aliphatic hydroxyl groups excluding tert-OH is 4. The van der Waals surface area contributed by atoms with Gasteiger partial charge in [0.2, 0.25) is 12.8 Å². The molecule has 3 fully saturated rings. The van der Waals surface area contributed by atoms with Crippen LogP contribution in [-0.4, -0.2) is 115 Å². The van der Waals surface area contributed by atoms with Crippen LogP contribution in [0.15, 0.2) is 36.4 Å². The maximum Gasteiger partial charge on any atom is 0.213 e. The molecule has 9 N–H and O–H groups in total. The van der Waals surface area contributed by atoms with E-state index in [-0.39, 0.29) is 48.1 Å². The molecule has 4 aromatic rings. The van der Waals surface area contributed by atoms with E-state index in [9.17, 15) is 20.4 Å². The highest BCUT2D eigenvalue weighted by Crippen LogP contribution is 2.39. The molecule has 0 bridgehead atoms. The summed E-state index contributed by atoms with van der Waals surface area (Å²) in [5, 5.41) is 53.0. The zero-order valence-corrected chi connectivity index (χ0v) is 32.9. The van der Waals surface area contributed by atoms with Crippen LogP contribution in [0.3, 0.4) is 0 Å². The van der Waals surface area contributed by atoms with E-state index < -0.39 is 25.3 Å². The van der Waals surface area contributed by atoms with Crippen LogP contribution < -0.4 is 16.0 Å². The summed E-state index contributed by atoms with van der Waals surface area (Å²) in [6.07, 6.45) is 1.70. The van der Waals surface area contributed by atoms with Crippen molar-refractivity contribution in [1.82, 2.24) is 45.7 Å². The number of aliphatic hydroxyl groups is 4. The van der Waals surface area contributed by atoms with E-state index in [1.807, 2.05) is 27.7 Å². The van der Waals surface area contributed by atoms with E-state index in [1.165, 1.54) is 25.3 Å². The lowest BCUT2D eigenvalue weighted by Gasteiger charge is -2.37. The molecule has 2 aromatic heterocycles. The van der Waals surface area contributed by atoms with Gasteiger partial charge in [-0.3, -0.25) is 20.4 Å². The molecular weight excluding hydrogens is 702 g/mol. The summed E-state index contributed by atoms with van der Waals surface area (Å²) in [4.78, 5) is 21.3. The SMILES string of the molecule is COC(O)N[C@@H](C(C)C)C(O)N1CCC[C@H]1c1nc2ccc([C@H]3CC[C@H](c4ccc5nc([C@@H]6CCCN6C(O)[C@@H](NC(O)OC)C(C)C)[nH]c5c4)N3)cc2[nH]1. The van der Waals surface area contributed by atoms with E-state index in [0.29, 0.717) is 0 Å². The molecule has 55 heavy (non-hydrogen) atoms. The molecule has 3 saturated heterocycles. The van der Waals surface area contributed by atoms with Gasteiger partial charge in [-0.1, -0.05) is 39.8 Å². The number of rotatable bonds is 16. The van der Waals surface area contributed by atoms with Gasteiger partial charge < -0.3 is 45.2 Å². The fraction of sp³-hybridized carbons (Fsp3) is 0.650. The fourth-order valence-electron chi connectivity index (χ4n) is 9.03. The van der Waals surface area contributed by atoms with Gasteiger partial charge in [0.05, 0.1) is 46.2 Å². The van der Waals surface area contributed by atoms with Crippen molar-refractivity contribution in [2.24, 2.45) is 11.8 Å². The van der Waals surface area contributed by atoms with Gasteiger partial charge in [-0.15, -0.1) is 0 Å². The Bertz CT molecular complexity index is 1740. The van der Waals surface area contributed by atoms with Gasteiger partial charge in [0.15, 0.2) is 0 Å². The minimum Gasteiger partial charge on any atom is -0.377 e. The van der Waals surface area contributed by atoms with Crippen molar-refractivity contribution in [3.63, 3.8) is 0 Å². The molecule has 3 aliphatic rings. The minimum absolute atomic E-state index is 0.0632. The number of hydrogen-bond donors (Lipinski definition) is 9. The molecule has 5 heterocycles. The van der Waals surface area contributed by atoms with Gasteiger partial charge in [-0.2, -0.15) is 0 Å². The van der Waals surface area contributed by atoms with Crippen LogP contribution in [-0.2, 0) is 9.47 Å². The molecule has 4 unspecified atom stereocenters. The monoisotopic (exact) mass is 763 g/mol. The van der Waals surface area contributed by atoms with Crippen LogP contribution in [0.5, 0.6) is 0 Å². The summed E-state index contributed by atoms with van der Waals surface area (Å²) in [7, 11) is 2.86. The minimum atomic E-state index is -1.16. The standard InChI is InChI=1S/C40H61N9O6/c1-21(2)33(46-39(52)54-5)37(50)48-17-7-9-31(48)35-42-27-13-11-23(19-29(27)44-35)25-15-16-26(41-25)24-12-14-28-30(20-24)45-36(43-28)32-10-8-18-49(32)38(51)34(22(3)4)47-40(53)55-6/h11-14,19-22,25-26,31-34,37-41,46-47,50-53H,7-10,15-18H2,1-6H3,(H,42,44)(H,43,45)/t25-,26-,31+,32+,33+,34+,37?,38?,39?,40?/m1/s1. The van der Waals surface area contributed by atoms with E-state index in [2.05, 4.69) is 72.1 Å². The van der Waals surface area contributed by atoms with Gasteiger partial charge in [0, 0.05) is 39.4 Å². The number of benzene rings is 2. The third kappa shape index (κ3) is 8.48. The van der Waals surface area contributed by atoms with E-state index >= 15 is 0 Å². The van der Waals surface area contributed by atoms with Gasteiger partial charge >= 0.3 is 0 Å². The Balaban J connectivity index is 1.03. The highest BCUT2D eigenvalue weighted by Gasteiger charge is 2.40. The third-order valence-electron chi connectivity index (χ3n) is 12.1. The van der Waals surface area contributed by atoms with Crippen molar-refractivity contribution in [2.75, 3.05) is 27.3 Å². The van der Waals surface area contributed by atoms with Crippen molar-refractivity contribution in [1.29, 1.82) is 0 Å². The zero-order valence-electron chi connectivity index (χ0n) is 32.9. The number of fused-ring (bicyclic) bond motifs is 2.